The number of halogens is 3. The molecule has 17 heavy (non-hydrogen) atoms. The van der Waals surface area contributed by atoms with Crippen LogP contribution in [0.5, 0.6) is 0 Å². The molecule has 2 rings (SSSR count). The molecule has 1 saturated carbocycles. The molecular formula is C12H21F3N2. The first-order chi connectivity index (χ1) is 7.91. The molecule has 1 aliphatic carbocycles. The Bertz CT molecular complexity index is 259. The second-order valence-electron chi connectivity index (χ2n) is 5.64. The minimum absolute atomic E-state index is 0.455. The van der Waals surface area contributed by atoms with Gasteiger partial charge in [-0.1, -0.05) is 0 Å². The van der Waals surface area contributed by atoms with Gasteiger partial charge in [-0.3, -0.25) is 0 Å². The summed E-state index contributed by atoms with van der Waals surface area (Å²) >= 11 is 0. The van der Waals surface area contributed by atoms with Crippen molar-refractivity contribution in [1.82, 2.24) is 10.6 Å². The monoisotopic (exact) mass is 250 g/mol. The van der Waals surface area contributed by atoms with E-state index in [0.29, 0.717) is 11.3 Å². The summed E-state index contributed by atoms with van der Waals surface area (Å²) in [6.07, 6.45) is -1.21. The van der Waals surface area contributed by atoms with Gasteiger partial charge in [0.2, 0.25) is 0 Å². The van der Waals surface area contributed by atoms with E-state index in [4.69, 9.17) is 0 Å². The number of hydrogen-bond acceptors (Lipinski definition) is 2. The fraction of sp³-hybridized carbons (Fsp3) is 1.00. The maximum Gasteiger partial charge on any atom is 0.390 e. The SMILES string of the molecule is CC(CC(F)(F)F)NCC1CC12CCNCC2. The third-order valence-corrected chi connectivity index (χ3v) is 4.21. The topological polar surface area (TPSA) is 24.1 Å². The first kappa shape index (κ1) is 13.1. The average molecular weight is 250 g/mol. The van der Waals surface area contributed by atoms with Gasteiger partial charge in [-0.15, -0.1) is 0 Å². The lowest BCUT2D eigenvalue weighted by molar-refractivity contribution is -0.139. The Morgan fingerprint density at radius 1 is 1.35 bits per heavy atom. The van der Waals surface area contributed by atoms with Crippen LogP contribution in [0.15, 0.2) is 0 Å². The molecule has 0 bridgehead atoms. The van der Waals surface area contributed by atoms with Crippen molar-refractivity contribution in [3.05, 3.63) is 0 Å². The Morgan fingerprint density at radius 2 is 2.00 bits per heavy atom. The van der Waals surface area contributed by atoms with Crippen molar-refractivity contribution in [2.24, 2.45) is 11.3 Å². The average Bonchev–Trinajstić information content (AvgIpc) is 2.87. The van der Waals surface area contributed by atoms with Crippen LogP contribution < -0.4 is 10.6 Å². The van der Waals surface area contributed by atoms with Crippen molar-refractivity contribution in [3.8, 4) is 0 Å². The normalized spacial score (nSPS) is 29.3. The van der Waals surface area contributed by atoms with Crippen LogP contribution in [-0.4, -0.2) is 31.9 Å². The minimum atomic E-state index is -4.05. The lowest BCUT2D eigenvalue weighted by Crippen LogP contribution is -2.35. The third-order valence-electron chi connectivity index (χ3n) is 4.21. The quantitative estimate of drug-likeness (QED) is 0.800. The summed E-state index contributed by atoms with van der Waals surface area (Å²) in [4.78, 5) is 0. The van der Waals surface area contributed by atoms with E-state index in [-0.39, 0.29) is 0 Å². The zero-order chi connectivity index (χ0) is 12.5. The fourth-order valence-corrected chi connectivity index (χ4v) is 3.02. The van der Waals surface area contributed by atoms with Gasteiger partial charge in [0.1, 0.15) is 0 Å². The number of nitrogens with one attached hydrogen (secondary N) is 2. The smallest absolute Gasteiger partial charge is 0.317 e. The number of alkyl halides is 3. The van der Waals surface area contributed by atoms with Crippen molar-refractivity contribution in [2.75, 3.05) is 19.6 Å². The van der Waals surface area contributed by atoms with Crippen molar-refractivity contribution in [1.29, 1.82) is 0 Å². The van der Waals surface area contributed by atoms with Gasteiger partial charge < -0.3 is 10.6 Å². The van der Waals surface area contributed by atoms with Crippen molar-refractivity contribution in [2.45, 2.75) is 44.8 Å². The second kappa shape index (κ2) is 4.76. The van der Waals surface area contributed by atoms with Gasteiger partial charge in [0, 0.05) is 6.04 Å². The molecule has 0 aromatic carbocycles. The van der Waals surface area contributed by atoms with Crippen LogP contribution in [0.3, 0.4) is 0 Å². The highest BCUT2D eigenvalue weighted by Gasteiger charge is 2.53. The molecule has 0 aromatic rings. The number of piperidine rings is 1. The highest BCUT2D eigenvalue weighted by molar-refractivity contribution is 5.05. The molecule has 0 aromatic heterocycles. The maximum absolute atomic E-state index is 12.1. The van der Waals surface area contributed by atoms with Crippen LogP contribution in [-0.2, 0) is 0 Å². The Balaban J connectivity index is 1.66. The van der Waals surface area contributed by atoms with Gasteiger partial charge in [0.15, 0.2) is 0 Å². The van der Waals surface area contributed by atoms with Crippen molar-refractivity contribution < 1.29 is 13.2 Å². The molecule has 100 valence electrons. The lowest BCUT2D eigenvalue weighted by Gasteiger charge is -2.24. The molecule has 2 nitrogen and oxygen atoms in total. The summed E-state index contributed by atoms with van der Waals surface area (Å²) in [5.41, 5.74) is 0.455. The van der Waals surface area contributed by atoms with E-state index in [9.17, 15) is 13.2 Å². The van der Waals surface area contributed by atoms with Crippen LogP contribution in [0.1, 0.15) is 32.6 Å². The van der Waals surface area contributed by atoms with E-state index < -0.39 is 18.6 Å². The molecule has 5 heteroatoms. The highest BCUT2D eigenvalue weighted by Crippen LogP contribution is 2.58. The summed E-state index contributed by atoms with van der Waals surface area (Å²) in [6.45, 7) is 4.49. The van der Waals surface area contributed by atoms with Gasteiger partial charge >= 0.3 is 6.18 Å². The zero-order valence-electron chi connectivity index (χ0n) is 10.2. The van der Waals surface area contributed by atoms with Crippen LogP contribution >= 0.6 is 0 Å². The number of hydrogen-bond donors (Lipinski definition) is 2. The third kappa shape index (κ3) is 3.58. The maximum atomic E-state index is 12.1. The Morgan fingerprint density at radius 3 is 2.59 bits per heavy atom. The van der Waals surface area contributed by atoms with Crippen molar-refractivity contribution >= 4 is 0 Å². The van der Waals surface area contributed by atoms with Gasteiger partial charge in [-0.05, 0) is 57.2 Å². The molecule has 1 spiro atoms. The fourth-order valence-electron chi connectivity index (χ4n) is 3.02. The van der Waals surface area contributed by atoms with Crippen LogP contribution in [0.4, 0.5) is 13.2 Å². The first-order valence-electron chi connectivity index (χ1n) is 6.42. The summed E-state index contributed by atoms with van der Waals surface area (Å²) in [6, 6.07) is -0.464. The van der Waals surface area contributed by atoms with E-state index in [1.165, 1.54) is 19.3 Å². The van der Waals surface area contributed by atoms with Crippen LogP contribution in [0.25, 0.3) is 0 Å². The number of rotatable bonds is 4. The van der Waals surface area contributed by atoms with Gasteiger partial charge in [0.05, 0.1) is 6.42 Å². The predicted octanol–water partition coefficient (Wildman–Crippen LogP) is 2.31. The predicted molar refractivity (Wildman–Crippen MR) is 60.8 cm³/mol. The Hall–Kier alpha value is -0.290. The summed E-state index contributed by atoms with van der Waals surface area (Å²) in [7, 11) is 0. The van der Waals surface area contributed by atoms with Crippen LogP contribution in [0.2, 0.25) is 0 Å². The standard InChI is InChI=1S/C12H21F3N2/c1-9(6-12(13,14)15)17-8-10-7-11(10)2-4-16-5-3-11/h9-10,16-17H,2-8H2,1H3. The first-order valence-corrected chi connectivity index (χ1v) is 6.42. The lowest BCUT2D eigenvalue weighted by atomic mass is 9.92. The minimum Gasteiger partial charge on any atom is -0.317 e. The van der Waals surface area contributed by atoms with Gasteiger partial charge in [-0.2, -0.15) is 13.2 Å². The molecule has 1 saturated heterocycles. The zero-order valence-corrected chi connectivity index (χ0v) is 10.2. The van der Waals surface area contributed by atoms with Crippen molar-refractivity contribution in [3.63, 3.8) is 0 Å². The molecule has 2 aliphatic rings. The molecule has 0 amide bonds. The molecular weight excluding hydrogens is 229 g/mol. The highest BCUT2D eigenvalue weighted by atomic mass is 19.4. The molecule has 2 unspecified atom stereocenters. The molecule has 1 aliphatic heterocycles. The molecule has 2 atom stereocenters. The van der Waals surface area contributed by atoms with E-state index in [1.807, 2.05) is 0 Å². The summed E-state index contributed by atoms with van der Waals surface area (Å²) in [5, 5.41) is 6.36. The Kier molecular flexibility index (Phi) is 3.69. The van der Waals surface area contributed by atoms with E-state index in [0.717, 1.165) is 19.6 Å². The van der Waals surface area contributed by atoms with Gasteiger partial charge in [0.25, 0.3) is 0 Å². The van der Waals surface area contributed by atoms with E-state index in [1.54, 1.807) is 6.92 Å². The van der Waals surface area contributed by atoms with E-state index >= 15 is 0 Å². The second-order valence-corrected chi connectivity index (χ2v) is 5.64. The van der Waals surface area contributed by atoms with Crippen LogP contribution in [0, 0.1) is 11.3 Å². The summed E-state index contributed by atoms with van der Waals surface area (Å²) < 4.78 is 36.4. The van der Waals surface area contributed by atoms with Gasteiger partial charge in [-0.25, -0.2) is 0 Å². The molecule has 0 radical (unpaired) electrons. The molecule has 2 fully saturated rings. The summed E-state index contributed by atoms with van der Waals surface area (Å²) in [5.74, 6) is 0.597. The van der Waals surface area contributed by atoms with E-state index in [2.05, 4.69) is 10.6 Å². The molecule has 1 heterocycles. The molecule has 2 N–H and O–H groups in total. The Labute approximate surface area is 100 Å². The largest absolute Gasteiger partial charge is 0.390 e.